The SMILES string of the molecule is O=C(O)c1c(-c2ccccn2)[nH]c2ccccc12. The van der Waals surface area contributed by atoms with E-state index in [9.17, 15) is 9.90 Å². The molecule has 0 unspecified atom stereocenters. The maximum atomic E-state index is 11.4. The van der Waals surface area contributed by atoms with Crippen molar-refractivity contribution in [3.8, 4) is 11.4 Å². The van der Waals surface area contributed by atoms with Gasteiger partial charge < -0.3 is 10.1 Å². The molecular weight excluding hydrogens is 228 g/mol. The first-order valence-corrected chi connectivity index (χ1v) is 5.53. The van der Waals surface area contributed by atoms with E-state index in [4.69, 9.17) is 0 Å². The molecule has 2 heterocycles. The number of H-pyrrole nitrogens is 1. The molecule has 4 heteroatoms. The van der Waals surface area contributed by atoms with E-state index in [1.807, 2.05) is 24.3 Å². The Balaban J connectivity index is 2.36. The predicted molar refractivity (Wildman–Crippen MR) is 68.5 cm³/mol. The van der Waals surface area contributed by atoms with Gasteiger partial charge >= 0.3 is 5.97 Å². The van der Waals surface area contributed by atoms with Crippen LogP contribution in [0.5, 0.6) is 0 Å². The highest BCUT2D eigenvalue weighted by Crippen LogP contribution is 2.28. The van der Waals surface area contributed by atoms with E-state index in [2.05, 4.69) is 9.97 Å². The lowest BCUT2D eigenvalue weighted by molar-refractivity contribution is 0.0700. The molecule has 2 N–H and O–H groups in total. The molecule has 0 radical (unpaired) electrons. The molecule has 88 valence electrons. The van der Waals surface area contributed by atoms with Crippen LogP contribution >= 0.6 is 0 Å². The van der Waals surface area contributed by atoms with E-state index < -0.39 is 5.97 Å². The molecule has 0 aliphatic heterocycles. The summed E-state index contributed by atoms with van der Waals surface area (Å²) < 4.78 is 0. The molecule has 1 aromatic carbocycles. The number of nitrogens with one attached hydrogen (secondary N) is 1. The van der Waals surface area contributed by atoms with E-state index in [1.54, 1.807) is 24.4 Å². The first-order valence-electron chi connectivity index (χ1n) is 5.53. The van der Waals surface area contributed by atoms with Gasteiger partial charge in [-0.15, -0.1) is 0 Å². The molecule has 0 saturated carbocycles. The van der Waals surface area contributed by atoms with Gasteiger partial charge in [0.2, 0.25) is 0 Å². The summed E-state index contributed by atoms with van der Waals surface area (Å²) in [6.45, 7) is 0. The number of carboxylic acid groups (broad SMARTS) is 1. The van der Waals surface area contributed by atoms with Crippen molar-refractivity contribution >= 4 is 16.9 Å². The normalized spacial score (nSPS) is 10.7. The van der Waals surface area contributed by atoms with E-state index in [1.165, 1.54) is 0 Å². The van der Waals surface area contributed by atoms with E-state index in [0.29, 0.717) is 16.8 Å². The largest absolute Gasteiger partial charge is 0.478 e. The van der Waals surface area contributed by atoms with Crippen molar-refractivity contribution in [2.45, 2.75) is 0 Å². The molecule has 0 saturated heterocycles. The summed E-state index contributed by atoms with van der Waals surface area (Å²) in [6, 6.07) is 12.8. The van der Waals surface area contributed by atoms with Gasteiger partial charge in [-0.05, 0) is 18.2 Å². The van der Waals surface area contributed by atoms with Gasteiger partial charge in [-0.3, -0.25) is 4.98 Å². The Hall–Kier alpha value is -2.62. The van der Waals surface area contributed by atoms with Crippen molar-refractivity contribution in [1.82, 2.24) is 9.97 Å². The Morgan fingerprint density at radius 1 is 1.11 bits per heavy atom. The van der Waals surface area contributed by atoms with Crippen LogP contribution in [0.15, 0.2) is 48.7 Å². The monoisotopic (exact) mass is 238 g/mol. The number of hydrogen-bond donors (Lipinski definition) is 2. The molecule has 2 aromatic heterocycles. The van der Waals surface area contributed by atoms with Gasteiger partial charge in [0.15, 0.2) is 0 Å². The number of carboxylic acids is 1. The van der Waals surface area contributed by atoms with Crippen LogP contribution < -0.4 is 0 Å². The van der Waals surface area contributed by atoms with Crippen LogP contribution in [0.25, 0.3) is 22.3 Å². The molecule has 3 rings (SSSR count). The van der Waals surface area contributed by atoms with Crippen molar-refractivity contribution in [3.63, 3.8) is 0 Å². The molecule has 3 aromatic rings. The van der Waals surface area contributed by atoms with Crippen LogP contribution in [-0.2, 0) is 0 Å². The van der Waals surface area contributed by atoms with Crippen molar-refractivity contribution < 1.29 is 9.90 Å². The van der Waals surface area contributed by atoms with Crippen molar-refractivity contribution in [1.29, 1.82) is 0 Å². The fraction of sp³-hybridized carbons (Fsp3) is 0. The topological polar surface area (TPSA) is 66.0 Å². The number of rotatable bonds is 2. The van der Waals surface area contributed by atoms with Crippen LogP contribution in [0.3, 0.4) is 0 Å². The van der Waals surface area contributed by atoms with Gasteiger partial charge in [-0.1, -0.05) is 24.3 Å². The molecule has 0 fully saturated rings. The smallest absolute Gasteiger partial charge is 0.338 e. The average molecular weight is 238 g/mol. The van der Waals surface area contributed by atoms with E-state index in [0.717, 1.165) is 5.52 Å². The molecule has 18 heavy (non-hydrogen) atoms. The minimum atomic E-state index is -0.951. The minimum absolute atomic E-state index is 0.268. The molecule has 0 atom stereocenters. The van der Waals surface area contributed by atoms with Crippen LogP contribution in [0.1, 0.15) is 10.4 Å². The van der Waals surface area contributed by atoms with Gasteiger partial charge in [0.05, 0.1) is 17.0 Å². The Bertz CT molecular complexity index is 717. The van der Waals surface area contributed by atoms with E-state index >= 15 is 0 Å². The quantitative estimate of drug-likeness (QED) is 0.721. The molecule has 0 amide bonds. The second-order valence-corrected chi connectivity index (χ2v) is 3.94. The Morgan fingerprint density at radius 2 is 1.89 bits per heavy atom. The summed E-state index contributed by atoms with van der Waals surface area (Å²) in [7, 11) is 0. The highest BCUT2D eigenvalue weighted by Gasteiger charge is 2.18. The van der Waals surface area contributed by atoms with Gasteiger partial charge in [-0.2, -0.15) is 0 Å². The summed E-state index contributed by atoms with van der Waals surface area (Å²) in [4.78, 5) is 18.7. The number of fused-ring (bicyclic) bond motifs is 1. The van der Waals surface area contributed by atoms with Crippen molar-refractivity contribution in [3.05, 3.63) is 54.2 Å². The first kappa shape index (κ1) is 10.5. The molecule has 0 spiro atoms. The molecular formula is C14H10N2O2. The van der Waals surface area contributed by atoms with E-state index in [-0.39, 0.29) is 5.56 Å². The first-order chi connectivity index (χ1) is 8.77. The predicted octanol–water partition coefficient (Wildman–Crippen LogP) is 2.93. The highest BCUT2D eigenvalue weighted by atomic mass is 16.4. The van der Waals surface area contributed by atoms with Crippen LogP contribution in [0, 0.1) is 0 Å². The number of nitrogens with zero attached hydrogens (tertiary/aromatic N) is 1. The van der Waals surface area contributed by atoms with Crippen molar-refractivity contribution in [2.75, 3.05) is 0 Å². The lowest BCUT2D eigenvalue weighted by Crippen LogP contribution is -1.98. The summed E-state index contributed by atoms with van der Waals surface area (Å²) >= 11 is 0. The second-order valence-electron chi connectivity index (χ2n) is 3.94. The Labute approximate surface area is 103 Å². The number of benzene rings is 1. The number of aromatic amines is 1. The van der Waals surface area contributed by atoms with Crippen LogP contribution in [-0.4, -0.2) is 21.0 Å². The molecule has 0 bridgehead atoms. The summed E-state index contributed by atoms with van der Waals surface area (Å²) in [5.41, 5.74) is 2.25. The maximum absolute atomic E-state index is 11.4. The highest BCUT2D eigenvalue weighted by molar-refractivity contribution is 6.09. The average Bonchev–Trinajstić information content (AvgIpc) is 2.79. The van der Waals surface area contributed by atoms with Crippen molar-refractivity contribution in [2.24, 2.45) is 0 Å². The fourth-order valence-electron chi connectivity index (χ4n) is 2.07. The number of aromatic carboxylic acids is 1. The summed E-state index contributed by atoms with van der Waals surface area (Å²) in [5, 5.41) is 10.1. The number of aromatic nitrogens is 2. The number of hydrogen-bond acceptors (Lipinski definition) is 2. The number of carbonyl (C=O) groups is 1. The van der Waals surface area contributed by atoms with Gasteiger partial charge in [0.25, 0.3) is 0 Å². The number of para-hydroxylation sites is 1. The standard InChI is InChI=1S/C14H10N2O2/c17-14(18)12-9-5-1-2-6-10(9)16-13(12)11-7-3-4-8-15-11/h1-8,16H,(H,17,18). The Morgan fingerprint density at radius 3 is 2.61 bits per heavy atom. The van der Waals surface area contributed by atoms with Gasteiger partial charge in [-0.25, -0.2) is 4.79 Å². The third-order valence-electron chi connectivity index (χ3n) is 2.84. The molecule has 0 aliphatic carbocycles. The lowest BCUT2D eigenvalue weighted by atomic mass is 10.1. The third-order valence-corrected chi connectivity index (χ3v) is 2.84. The summed E-state index contributed by atoms with van der Waals surface area (Å²) in [5.74, 6) is -0.951. The zero-order chi connectivity index (χ0) is 12.5. The van der Waals surface area contributed by atoms with Gasteiger partial charge in [0, 0.05) is 17.1 Å². The summed E-state index contributed by atoms with van der Waals surface area (Å²) in [6.07, 6.45) is 1.65. The molecule has 4 nitrogen and oxygen atoms in total. The Kier molecular flexibility index (Phi) is 2.34. The van der Waals surface area contributed by atoms with Gasteiger partial charge in [0.1, 0.15) is 0 Å². The minimum Gasteiger partial charge on any atom is -0.478 e. The second kappa shape index (κ2) is 4.00. The maximum Gasteiger partial charge on any atom is 0.338 e. The van der Waals surface area contributed by atoms with Crippen LogP contribution in [0.4, 0.5) is 0 Å². The zero-order valence-corrected chi connectivity index (χ0v) is 9.42. The number of pyridine rings is 1. The third kappa shape index (κ3) is 1.55. The van der Waals surface area contributed by atoms with Crippen LogP contribution in [0.2, 0.25) is 0 Å². The fourth-order valence-corrected chi connectivity index (χ4v) is 2.07. The zero-order valence-electron chi connectivity index (χ0n) is 9.42. The molecule has 0 aliphatic rings. The lowest BCUT2D eigenvalue weighted by Gasteiger charge is -1.99.